The maximum Gasteiger partial charge on any atom is 0.222 e. The molecule has 1 aromatic heterocycles. The molecule has 0 aliphatic carbocycles. The molecular weight excluding hydrogens is 251 g/mol. The molecule has 66 valence electrons. The van der Waals surface area contributed by atoms with Crippen LogP contribution >= 0.6 is 27.5 Å². The van der Waals surface area contributed by atoms with Crippen LogP contribution in [0.4, 0.5) is 0 Å². The molecule has 0 amide bonds. The van der Waals surface area contributed by atoms with Gasteiger partial charge in [0.1, 0.15) is 0 Å². The topological polar surface area (TPSA) is 25.8 Å². The van der Waals surface area contributed by atoms with Crippen molar-refractivity contribution in [2.24, 2.45) is 0 Å². The summed E-state index contributed by atoms with van der Waals surface area (Å²) in [5, 5.41) is 1.30. The maximum atomic E-state index is 5.70. The van der Waals surface area contributed by atoms with Gasteiger partial charge in [0.05, 0.1) is 5.52 Å². The van der Waals surface area contributed by atoms with Gasteiger partial charge in [-0.15, -0.1) is 0 Å². The molecule has 4 heteroatoms. The molecule has 0 atom stereocenters. The van der Waals surface area contributed by atoms with Gasteiger partial charge in [-0.05, 0) is 46.1 Å². The van der Waals surface area contributed by atoms with E-state index in [-0.39, 0.29) is 5.28 Å². The highest BCUT2D eigenvalue weighted by Crippen LogP contribution is 2.24. The van der Waals surface area contributed by atoms with Gasteiger partial charge in [0, 0.05) is 16.1 Å². The fourth-order valence-corrected chi connectivity index (χ4v) is 1.77. The largest absolute Gasteiger partial charge is 0.226 e. The van der Waals surface area contributed by atoms with Crippen LogP contribution in [0, 0.1) is 6.92 Å². The minimum absolute atomic E-state index is 0.277. The number of benzene rings is 1. The Morgan fingerprint density at radius 2 is 2.15 bits per heavy atom. The first-order valence-corrected chi connectivity index (χ1v) is 4.93. The zero-order valence-electron chi connectivity index (χ0n) is 6.88. The first-order valence-electron chi connectivity index (χ1n) is 3.76. The van der Waals surface area contributed by atoms with Crippen molar-refractivity contribution in [3.8, 4) is 0 Å². The van der Waals surface area contributed by atoms with E-state index >= 15 is 0 Å². The monoisotopic (exact) mass is 256 g/mol. The summed E-state index contributed by atoms with van der Waals surface area (Å²) in [6.07, 6.45) is 1.74. The van der Waals surface area contributed by atoms with Crippen molar-refractivity contribution in [3.63, 3.8) is 0 Å². The Hall–Kier alpha value is -0.670. The molecule has 2 rings (SSSR count). The van der Waals surface area contributed by atoms with Gasteiger partial charge < -0.3 is 0 Å². The standard InChI is InChI=1S/C9H6BrClN2/c1-5-2-3-7(10)8-6(5)4-12-9(11)13-8/h2-4H,1H3. The van der Waals surface area contributed by atoms with E-state index in [0.29, 0.717) is 0 Å². The molecule has 0 saturated carbocycles. The van der Waals surface area contributed by atoms with E-state index < -0.39 is 0 Å². The second-order valence-corrected chi connectivity index (χ2v) is 3.96. The summed E-state index contributed by atoms with van der Waals surface area (Å²) in [6, 6.07) is 3.98. The molecule has 0 bridgehead atoms. The van der Waals surface area contributed by atoms with E-state index in [1.807, 2.05) is 19.1 Å². The first-order chi connectivity index (χ1) is 6.18. The summed E-state index contributed by atoms with van der Waals surface area (Å²) in [7, 11) is 0. The van der Waals surface area contributed by atoms with Crippen LogP contribution in [-0.4, -0.2) is 9.97 Å². The number of fused-ring (bicyclic) bond motifs is 1. The number of halogens is 2. The van der Waals surface area contributed by atoms with E-state index in [1.165, 1.54) is 0 Å². The van der Waals surface area contributed by atoms with Crippen LogP contribution in [0.15, 0.2) is 22.8 Å². The van der Waals surface area contributed by atoms with Gasteiger partial charge in [-0.2, -0.15) is 0 Å². The van der Waals surface area contributed by atoms with Crippen molar-refractivity contribution < 1.29 is 0 Å². The highest BCUT2D eigenvalue weighted by Gasteiger charge is 2.03. The predicted molar refractivity (Wildman–Crippen MR) is 57.0 cm³/mol. The summed E-state index contributed by atoms with van der Waals surface area (Å²) in [4.78, 5) is 8.09. The fraction of sp³-hybridized carbons (Fsp3) is 0.111. The molecule has 0 aliphatic heterocycles. The number of aromatic nitrogens is 2. The van der Waals surface area contributed by atoms with Crippen molar-refractivity contribution >= 4 is 38.4 Å². The maximum absolute atomic E-state index is 5.70. The molecule has 1 heterocycles. The summed E-state index contributed by atoms with van der Waals surface area (Å²) < 4.78 is 0.942. The minimum Gasteiger partial charge on any atom is -0.226 e. The summed E-state index contributed by atoms with van der Waals surface area (Å²) in [6.45, 7) is 2.02. The average molecular weight is 258 g/mol. The fourth-order valence-electron chi connectivity index (χ4n) is 1.20. The molecule has 0 N–H and O–H groups in total. The number of hydrogen-bond acceptors (Lipinski definition) is 2. The first kappa shape index (κ1) is 8.91. The Morgan fingerprint density at radius 1 is 1.38 bits per heavy atom. The Kier molecular flexibility index (Phi) is 2.22. The Morgan fingerprint density at radius 3 is 2.92 bits per heavy atom. The second kappa shape index (κ2) is 3.24. The summed E-state index contributed by atoms with van der Waals surface area (Å²) in [5.74, 6) is 0. The van der Waals surface area contributed by atoms with Crippen LogP contribution in [0.3, 0.4) is 0 Å². The molecule has 0 saturated heterocycles. The third-order valence-corrected chi connectivity index (χ3v) is 2.71. The van der Waals surface area contributed by atoms with E-state index in [4.69, 9.17) is 11.6 Å². The van der Waals surface area contributed by atoms with Crippen molar-refractivity contribution in [2.45, 2.75) is 6.92 Å². The van der Waals surface area contributed by atoms with Gasteiger partial charge in [0.25, 0.3) is 0 Å². The Labute approximate surface area is 89.1 Å². The third kappa shape index (κ3) is 1.54. The smallest absolute Gasteiger partial charge is 0.222 e. The Balaban J connectivity index is 2.92. The van der Waals surface area contributed by atoms with Crippen molar-refractivity contribution in [1.29, 1.82) is 0 Å². The van der Waals surface area contributed by atoms with Crippen LogP contribution in [-0.2, 0) is 0 Å². The predicted octanol–water partition coefficient (Wildman–Crippen LogP) is 3.35. The molecule has 13 heavy (non-hydrogen) atoms. The van der Waals surface area contributed by atoms with Crippen LogP contribution in [0.5, 0.6) is 0 Å². The van der Waals surface area contributed by atoms with Gasteiger partial charge in [-0.3, -0.25) is 0 Å². The van der Waals surface area contributed by atoms with Crippen molar-refractivity contribution in [3.05, 3.63) is 33.6 Å². The summed E-state index contributed by atoms with van der Waals surface area (Å²) in [5.41, 5.74) is 2.01. The molecule has 0 aliphatic rings. The van der Waals surface area contributed by atoms with Gasteiger partial charge in [-0.1, -0.05) is 6.07 Å². The van der Waals surface area contributed by atoms with Crippen molar-refractivity contribution in [2.75, 3.05) is 0 Å². The van der Waals surface area contributed by atoms with Crippen LogP contribution in [0.2, 0.25) is 5.28 Å². The lowest BCUT2D eigenvalue weighted by Gasteiger charge is -2.02. The lowest BCUT2D eigenvalue weighted by Crippen LogP contribution is -1.87. The molecule has 2 nitrogen and oxygen atoms in total. The molecule has 0 radical (unpaired) electrons. The second-order valence-electron chi connectivity index (χ2n) is 2.77. The molecular formula is C9H6BrClN2. The molecule has 2 aromatic rings. The summed E-state index contributed by atoms with van der Waals surface area (Å²) >= 11 is 9.12. The van der Waals surface area contributed by atoms with E-state index in [9.17, 15) is 0 Å². The quantitative estimate of drug-likeness (QED) is 0.676. The number of rotatable bonds is 0. The van der Waals surface area contributed by atoms with Gasteiger partial charge in [0.15, 0.2) is 0 Å². The van der Waals surface area contributed by atoms with Gasteiger partial charge >= 0.3 is 0 Å². The van der Waals surface area contributed by atoms with E-state index in [2.05, 4.69) is 25.9 Å². The molecule has 0 fully saturated rings. The number of aryl methyl sites for hydroxylation is 1. The molecule has 1 aromatic carbocycles. The van der Waals surface area contributed by atoms with E-state index in [1.54, 1.807) is 6.20 Å². The van der Waals surface area contributed by atoms with E-state index in [0.717, 1.165) is 20.9 Å². The average Bonchev–Trinajstić information content (AvgIpc) is 2.12. The van der Waals surface area contributed by atoms with Crippen LogP contribution < -0.4 is 0 Å². The zero-order valence-corrected chi connectivity index (χ0v) is 9.22. The highest BCUT2D eigenvalue weighted by molar-refractivity contribution is 9.10. The Bertz CT molecular complexity index is 470. The minimum atomic E-state index is 0.277. The third-order valence-electron chi connectivity index (χ3n) is 1.89. The molecule has 0 unspecified atom stereocenters. The lowest BCUT2D eigenvalue weighted by molar-refractivity contribution is 1.21. The highest BCUT2D eigenvalue weighted by atomic mass is 79.9. The van der Waals surface area contributed by atoms with Gasteiger partial charge in [0.2, 0.25) is 5.28 Å². The lowest BCUT2D eigenvalue weighted by atomic mass is 10.1. The van der Waals surface area contributed by atoms with Gasteiger partial charge in [-0.25, -0.2) is 9.97 Å². The van der Waals surface area contributed by atoms with Crippen LogP contribution in [0.25, 0.3) is 10.9 Å². The number of hydrogen-bond donors (Lipinski definition) is 0. The molecule has 0 spiro atoms. The normalized spacial score (nSPS) is 10.7. The van der Waals surface area contributed by atoms with Crippen LogP contribution in [0.1, 0.15) is 5.56 Å². The van der Waals surface area contributed by atoms with Crippen molar-refractivity contribution in [1.82, 2.24) is 9.97 Å². The SMILES string of the molecule is Cc1ccc(Br)c2nc(Cl)ncc12. The number of nitrogens with zero attached hydrogens (tertiary/aromatic N) is 2. The zero-order chi connectivity index (χ0) is 9.42.